The van der Waals surface area contributed by atoms with Gasteiger partial charge < -0.3 is 9.64 Å². The number of amides is 1. The molecule has 0 heterocycles. The summed E-state index contributed by atoms with van der Waals surface area (Å²) >= 11 is 0. The molecule has 0 aliphatic carbocycles. The van der Waals surface area contributed by atoms with Gasteiger partial charge in [-0.05, 0) is 43.3 Å². The second kappa shape index (κ2) is 9.23. The van der Waals surface area contributed by atoms with Crippen LogP contribution in [0.25, 0.3) is 6.08 Å². The molecule has 7 nitrogen and oxygen atoms in total. The molecule has 0 radical (unpaired) electrons. The number of para-hydroxylation sites is 1. The molecule has 140 valence electrons. The van der Waals surface area contributed by atoms with Gasteiger partial charge in [0.1, 0.15) is 5.82 Å². The van der Waals surface area contributed by atoms with E-state index < -0.39 is 29.2 Å². The average molecular weight is 372 g/mol. The highest BCUT2D eigenvalue weighted by Gasteiger charge is 2.16. The molecule has 2 aromatic carbocycles. The zero-order chi connectivity index (χ0) is 19.8. The molecule has 2 rings (SSSR count). The van der Waals surface area contributed by atoms with Gasteiger partial charge >= 0.3 is 5.97 Å². The first-order valence-electron chi connectivity index (χ1n) is 8.06. The molecule has 0 spiro atoms. The molecular weight excluding hydrogens is 355 g/mol. The van der Waals surface area contributed by atoms with E-state index in [1.165, 1.54) is 53.4 Å². The summed E-state index contributed by atoms with van der Waals surface area (Å²) in [5, 5.41) is 10.9. The predicted molar refractivity (Wildman–Crippen MR) is 97.5 cm³/mol. The second-order valence-corrected chi connectivity index (χ2v) is 5.37. The van der Waals surface area contributed by atoms with Crippen molar-refractivity contribution < 1.29 is 23.6 Å². The standard InChI is InChI=1S/C19H17FN2O5/c1-2-21(16-10-8-15(20)9-11-16)18(23)13-27-19(24)12-7-14-5-3-4-6-17(14)22(25)26/h3-12H,2,13H2,1H3/b12-7+. The molecule has 2 aromatic rings. The van der Waals surface area contributed by atoms with Crippen LogP contribution in [-0.2, 0) is 14.3 Å². The molecule has 0 saturated heterocycles. The maximum Gasteiger partial charge on any atom is 0.331 e. The lowest BCUT2D eigenvalue weighted by molar-refractivity contribution is -0.385. The number of halogens is 1. The summed E-state index contributed by atoms with van der Waals surface area (Å²) in [7, 11) is 0. The molecule has 8 heteroatoms. The van der Waals surface area contributed by atoms with Gasteiger partial charge in [0.05, 0.1) is 10.5 Å². The Labute approximate surface area is 154 Å². The summed E-state index contributed by atoms with van der Waals surface area (Å²) in [5.74, 6) is -1.71. The molecule has 1 amide bonds. The van der Waals surface area contributed by atoms with E-state index in [2.05, 4.69) is 0 Å². The molecular formula is C19H17FN2O5. The minimum Gasteiger partial charge on any atom is -0.452 e. The van der Waals surface area contributed by atoms with Crippen molar-refractivity contribution in [2.45, 2.75) is 6.92 Å². The van der Waals surface area contributed by atoms with E-state index >= 15 is 0 Å². The van der Waals surface area contributed by atoms with Crippen LogP contribution in [0.4, 0.5) is 15.8 Å². The summed E-state index contributed by atoms with van der Waals surface area (Å²) < 4.78 is 17.9. The van der Waals surface area contributed by atoms with Crippen molar-refractivity contribution in [3.8, 4) is 0 Å². The number of ether oxygens (including phenoxy) is 1. The number of rotatable bonds is 7. The number of hydrogen-bond acceptors (Lipinski definition) is 5. The lowest BCUT2D eigenvalue weighted by Gasteiger charge is -2.20. The van der Waals surface area contributed by atoms with Crippen LogP contribution in [0.5, 0.6) is 0 Å². The number of benzene rings is 2. The summed E-state index contributed by atoms with van der Waals surface area (Å²) in [4.78, 5) is 35.7. The molecule has 0 saturated carbocycles. The molecule has 0 bridgehead atoms. The van der Waals surface area contributed by atoms with Gasteiger partial charge in [-0.2, -0.15) is 0 Å². The Bertz CT molecular complexity index is 865. The van der Waals surface area contributed by atoms with Gasteiger partial charge in [0, 0.05) is 24.4 Å². The first-order chi connectivity index (χ1) is 12.9. The Morgan fingerprint density at radius 3 is 2.48 bits per heavy atom. The Morgan fingerprint density at radius 1 is 1.19 bits per heavy atom. The van der Waals surface area contributed by atoms with Crippen molar-refractivity contribution in [1.82, 2.24) is 0 Å². The maximum absolute atomic E-state index is 13.0. The summed E-state index contributed by atoms with van der Waals surface area (Å²) in [6.07, 6.45) is 2.27. The fraction of sp³-hybridized carbons (Fsp3) is 0.158. The number of carbonyl (C=O) groups excluding carboxylic acids is 2. The fourth-order valence-corrected chi connectivity index (χ4v) is 2.34. The Hall–Kier alpha value is -3.55. The minimum atomic E-state index is -0.809. The van der Waals surface area contributed by atoms with Crippen LogP contribution in [0.2, 0.25) is 0 Å². The van der Waals surface area contributed by atoms with Crippen LogP contribution >= 0.6 is 0 Å². The third-order valence-electron chi connectivity index (χ3n) is 3.63. The van der Waals surface area contributed by atoms with Gasteiger partial charge in [0.25, 0.3) is 11.6 Å². The van der Waals surface area contributed by atoms with Crippen LogP contribution in [0.1, 0.15) is 12.5 Å². The lowest BCUT2D eigenvalue weighted by atomic mass is 10.1. The van der Waals surface area contributed by atoms with Crippen LogP contribution < -0.4 is 4.90 Å². The highest BCUT2D eigenvalue weighted by atomic mass is 19.1. The third kappa shape index (κ3) is 5.46. The molecule has 0 aliphatic rings. The van der Waals surface area contributed by atoms with Gasteiger partial charge in [0.2, 0.25) is 0 Å². The van der Waals surface area contributed by atoms with Crippen LogP contribution in [0, 0.1) is 15.9 Å². The van der Waals surface area contributed by atoms with Crippen molar-refractivity contribution >= 4 is 29.3 Å². The molecule has 0 N–H and O–H groups in total. The zero-order valence-electron chi connectivity index (χ0n) is 14.5. The van der Waals surface area contributed by atoms with Crippen LogP contribution in [0.3, 0.4) is 0 Å². The van der Waals surface area contributed by atoms with Crippen molar-refractivity contribution in [3.63, 3.8) is 0 Å². The molecule has 0 aromatic heterocycles. The number of hydrogen-bond donors (Lipinski definition) is 0. The second-order valence-electron chi connectivity index (χ2n) is 5.37. The molecule has 0 aliphatic heterocycles. The molecule has 0 fully saturated rings. The SMILES string of the molecule is CCN(C(=O)COC(=O)/C=C/c1ccccc1[N+](=O)[O-])c1ccc(F)cc1. The van der Waals surface area contributed by atoms with E-state index in [1.54, 1.807) is 13.0 Å². The van der Waals surface area contributed by atoms with Crippen molar-refractivity contribution in [2.24, 2.45) is 0 Å². The van der Waals surface area contributed by atoms with Crippen molar-refractivity contribution in [1.29, 1.82) is 0 Å². The molecule has 0 atom stereocenters. The number of nitro benzene ring substituents is 1. The van der Waals surface area contributed by atoms with Crippen molar-refractivity contribution in [3.05, 3.63) is 76.1 Å². The number of nitro groups is 1. The first kappa shape index (κ1) is 19.8. The van der Waals surface area contributed by atoms with Crippen molar-refractivity contribution in [2.75, 3.05) is 18.1 Å². The summed E-state index contributed by atoms with van der Waals surface area (Å²) in [5.41, 5.74) is 0.578. The Morgan fingerprint density at radius 2 is 1.85 bits per heavy atom. The smallest absolute Gasteiger partial charge is 0.331 e. The largest absolute Gasteiger partial charge is 0.452 e. The topological polar surface area (TPSA) is 89.8 Å². The first-order valence-corrected chi connectivity index (χ1v) is 8.06. The average Bonchev–Trinajstić information content (AvgIpc) is 2.67. The van der Waals surface area contributed by atoms with E-state index in [-0.39, 0.29) is 11.3 Å². The predicted octanol–water partition coefficient (Wildman–Crippen LogP) is 3.34. The van der Waals surface area contributed by atoms with E-state index in [9.17, 15) is 24.1 Å². The summed E-state index contributed by atoms with van der Waals surface area (Å²) in [6.45, 7) is 1.54. The van der Waals surface area contributed by atoms with Gasteiger partial charge in [-0.15, -0.1) is 0 Å². The van der Waals surface area contributed by atoms with Gasteiger partial charge in [-0.3, -0.25) is 14.9 Å². The number of nitrogens with zero attached hydrogens (tertiary/aromatic N) is 2. The third-order valence-corrected chi connectivity index (χ3v) is 3.63. The fourth-order valence-electron chi connectivity index (χ4n) is 2.34. The zero-order valence-corrected chi connectivity index (χ0v) is 14.5. The van der Waals surface area contributed by atoms with E-state index in [0.29, 0.717) is 12.2 Å². The summed E-state index contributed by atoms with van der Waals surface area (Å²) in [6, 6.07) is 11.3. The monoisotopic (exact) mass is 372 g/mol. The van der Waals surface area contributed by atoms with Crippen LogP contribution in [-0.4, -0.2) is 30.0 Å². The lowest BCUT2D eigenvalue weighted by Crippen LogP contribution is -2.34. The number of anilines is 1. The molecule has 0 unspecified atom stereocenters. The quantitative estimate of drug-likeness (QED) is 0.322. The normalized spacial score (nSPS) is 10.6. The number of carbonyl (C=O) groups is 2. The van der Waals surface area contributed by atoms with E-state index in [1.807, 2.05) is 0 Å². The maximum atomic E-state index is 13.0. The van der Waals surface area contributed by atoms with Gasteiger partial charge in [-0.1, -0.05) is 12.1 Å². The van der Waals surface area contributed by atoms with Gasteiger partial charge in [-0.25, -0.2) is 9.18 Å². The van der Waals surface area contributed by atoms with E-state index in [4.69, 9.17) is 4.74 Å². The van der Waals surface area contributed by atoms with Crippen LogP contribution in [0.15, 0.2) is 54.6 Å². The highest BCUT2D eigenvalue weighted by molar-refractivity contribution is 5.96. The highest BCUT2D eigenvalue weighted by Crippen LogP contribution is 2.19. The Balaban J connectivity index is 1.97. The van der Waals surface area contributed by atoms with E-state index in [0.717, 1.165) is 6.08 Å². The minimum absolute atomic E-state index is 0.147. The Kier molecular flexibility index (Phi) is 6.76. The number of esters is 1. The number of likely N-dealkylation sites (N-methyl/N-ethyl adjacent to an activating group) is 1. The van der Waals surface area contributed by atoms with Gasteiger partial charge in [0.15, 0.2) is 6.61 Å². The molecule has 27 heavy (non-hydrogen) atoms.